The van der Waals surface area contributed by atoms with Gasteiger partial charge in [0.05, 0.1) is 37.3 Å². The van der Waals surface area contributed by atoms with E-state index in [4.69, 9.17) is 18.6 Å². The first-order valence-corrected chi connectivity index (χ1v) is 13.3. The van der Waals surface area contributed by atoms with Gasteiger partial charge in [0, 0.05) is 11.0 Å². The number of hydrogen-bond acceptors (Lipinski definition) is 6. The Morgan fingerprint density at radius 2 is 1.74 bits per heavy atom. The summed E-state index contributed by atoms with van der Waals surface area (Å²) in [6.45, 7) is 5.21. The maximum absolute atomic E-state index is 13.9. The molecule has 1 unspecified atom stereocenters. The van der Waals surface area contributed by atoms with E-state index in [9.17, 15) is 9.59 Å². The Balaban J connectivity index is 1.67. The number of methoxy groups -OCH3 is 1. The number of amides is 1. The number of rotatable bonds is 9. The molecule has 2 heterocycles. The lowest BCUT2D eigenvalue weighted by Crippen LogP contribution is -2.29. The first-order chi connectivity index (χ1) is 18.4. The second-order valence-corrected chi connectivity index (χ2v) is 9.90. The zero-order valence-corrected chi connectivity index (χ0v) is 23.0. The van der Waals surface area contributed by atoms with Crippen molar-refractivity contribution in [1.82, 2.24) is 4.90 Å². The summed E-state index contributed by atoms with van der Waals surface area (Å²) in [5, 5.41) is 0.412. The molecule has 8 heteroatoms. The molecule has 4 aromatic rings. The Kier molecular flexibility index (Phi) is 7.42. The number of hydrogen-bond donors (Lipinski definition) is 0. The van der Waals surface area contributed by atoms with Gasteiger partial charge in [-0.05, 0) is 66.9 Å². The molecule has 38 heavy (non-hydrogen) atoms. The quantitative estimate of drug-likeness (QED) is 0.226. The second kappa shape index (κ2) is 10.9. The van der Waals surface area contributed by atoms with Gasteiger partial charge in [-0.2, -0.15) is 0 Å². The number of ether oxygens (including phenoxy) is 3. The fourth-order valence-electron chi connectivity index (χ4n) is 4.72. The smallest absolute Gasteiger partial charge is 0.291 e. The van der Waals surface area contributed by atoms with Gasteiger partial charge in [-0.3, -0.25) is 9.59 Å². The maximum atomic E-state index is 13.9. The zero-order chi connectivity index (χ0) is 26.8. The van der Waals surface area contributed by atoms with Gasteiger partial charge in [-0.1, -0.05) is 41.1 Å². The van der Waals surface area contributed by atoms with Crippen LogP contribution >= 0.6 is 15.9 Å². The van der Waals surface area contributed by atoms with Crippen LogP contribution in [0.25, 0.3) is 11.0 Å². The average molecular weight is 578 g/mol. The first-order valence-electron chi connectivity index (χ1n) is 12.5. The molecule has 0 saturated carbocycles. The molecule has 196 valence electrons. The summed E-state index contributed by atoms with van der Waals surface area (Å²) in [6, 6.07) is 17.6. The SMILES string of the molecule is CCCOc1ccc(C2c3c(oc4ccc(Br)cc4c3=O)C(=O)N2Cc2ccc(OC)cc2)cc1OCC. The van der Waals surface area contributed by atoms with Crippen LogP contribution in [0.5, 0.6) is 17.2 Å². The zero-order valence-electron chi connectivity index (χ0n) is 21.5. The van der Waals surface area contributed by atoms with Crippen LogP contribution in [0, 0.1) is 0 Å². The van der Waals surface area contributed by atoms with Crippen molar-refractivity contribution in [2.24, 2.45) is 0 Å². The molecule has 0 spiro atoms. The summed E-state index contributed by atoms with van der Waals surface area (Å²) in [5.74, 6) is 1.63. The van der Waals surface area contributed by atoms with E-state index in [0.717, 1.165) is 27.8 Å². The average Bonchev–Trinajstić information content (AvgIpc) is 3.20. The number of carbonyl (C=O) groups excluding carboxylic acids is 1. The van der Waals surface area contributed by atoms with Gasteiger partial charge in [0.1, 0.15) is 11.3 Å². The third-order valence-electron chi connectivity index (χ3n) is 6.48. The Morgan fingerprint density at radius 1 is 0.947 bits per heavy atom. The fourth-order valence-corrected chi connectivity index (χ4v) is 5.09. The van der Waals surface area contributed by atoms with Crippen LogP contribution in [0.1, 0.15) is 53.6 Å². The van der Waals surface area contributed by atoms with E-state index in [-0.39, 0.29) is 23.6 Å². The Bertz CT molecular complexity index is 1550. The monoisotopic (exact) mass is 577 g/mol. The Labute approximate surface area is 229 Å². The number of halogens is 1. The lowest BCUT2D eigenvalue weighted by molar-refractivity contribution is 0.0714. The highest BCUT2D eigenvalue weighted by molar-refractivity contribution is 9.10. The Hall–Kier alpha value is -3.78. The molecule has 1 aliphatic rings. The van der Waals surface area contributed by atoms with Crippen molar-refractivity contribution in [3.05, 3.63) is 97.8 Å². The molecular weight excluding hydrogens is 550 g/mol. The van der Waals surface area contributed by atoms with E-state index in [1.165, 1.54) is 0 Å². The summed E-state index contributed by atoms with van der Waals surface area (Å²) < 4.78 is 23.9. The summed E-state index contributed by atoms with van der Waals surface area (Å²) in [6.07, 6.45) is 0.858. The Morgan fingerprint density at radius 3 is 2.45 bits per heavy atom. The number of fused-ring (bicyclic) bond motifs is 2. The van der Waals surface area contributed by atoms with Crippen molar-refractivity contribution in [3.8, 4) is 17.2 Å². The summed E-state index contributed by atoms with van der Waals surface area (Å²) >= 11 is 3.44. The minimum atomic E-state index is -0.668. The van der Waals surface area contributed by atoms with Crippen LogP contribution in [0.2, 0.25) is 0 Å². The van der Waals surface area contributed by atoms with E-state index in [1.54, 1.807) is 30.2 Å². The number of nitrogens with zero attached hydrogens (tertiary/aromatic N) is 1. The van der Waals surface area contributed by atoms with Gasteiger partial charge < -0.3 is 23.5 Å². The lowest BCUT2D eigenvalue weighted by atomic mass is 9.97. The van der Waals surface area contributed by atoms with Crippen molar-refractivity contribution in [2.75, 3.05) is 20.3 Å². The summed E-state index contributed by atoms with van der Waals surface area (Å²) in [7, 11) is 1.61. The molecule has 1 aliphatic heterocycles. The van der Waals surface area contributed by atoms with Gasteiger partial charge in [0.15, 0.2) is 16.9 Å². The predicted molar refractivity (Wildman–Crippen MR) is 148 cm³/mol. The highest BCUT2D eigenvalue weighted by Crippen LogP contribution is 2.42. The predicted octanol–water partition coefficient (Wildman–Crippen LogP) is 6.50. The second-order valence-electron chi connectivity index (χ2n) is 8.99. The topological polar surface area (TPSA) is 78.2 Å². The molecule has 0 saturated heterocycles. The van der Waals surface area contributed by atoms with Crippen molar-refractivity contribution < 1.29 is 23.4 Å². The van der Waals surface area contributed by atoms with Crippen LogP contribution in [0.3, 0.4) is 0 Å². The summed E-state index contributed by atoms with van der Waals surface area (Å²) in [4.78, 5) is 29.3. The molecule has 0 N–H and O–H groups in total. The molecule has 0 fully saturated rings. The largest absolute Gasteiger partial charge is 0.497 e. The molecule has 1 atom stereocenters. The van der Waals surface area contributed by atoms with Gasteiger partial charge in [0.25, 0.3) is 5.91 Å². The number of carbonyl (C=O) groups is 1. The van der Waals surface area contributed by atoms with E-state index in [2.05, 4.69) is 15.9 Å². The number of benzene rings is 3. The van der Waals surface area contributed by atoms with Crippen molar-refractivity contribution in [2.45, 2.75) is 32.9 Å². The van der Waals surface area contributed by atoms with E-state index in [0.29, 0.717) is 41.2 Å². The molecule has 0 bridgehead atoms. The van der Waals surface area contributed by atoms with Crippen molar-refractivity contribution in [1.29, 1.82) is 0 Å². The van der Waals surface area contributed by atoms with E-state index in [1.807, 2.05) is 56.3 Å². The normalized spacial score (nSPS) is 14.6. The van der Waals surface area contributed by atoms with Crippen molar-refractivity contribution >= 4 is 32.8 Å². The molecular formula is C30H28BrNO6. The third-order valence-corrected chi connectivity index (χ3v) is 6.98. The summed E-state index contributed by atoms with van der Waals surface area (Å²) in [5.41, 5.74) is 2.08. The lowest BCUT2D eigenvalue weighted by Gasteiger charge is -2.26. The van der Waals surface area contributed by atoms with Crippen LogP contribution in [0.4, 0.5) is 0 Å². The van der Waals surface area contributed by atoms with Crippen LogP contribution in [0.15, 0.2) is 74.3 Å². The van der Waals surface area contributed by atoms with E-state index >= 15 is 0 Å². The van der Waals surface area contributed by atoms with Gasteiger partial charge in [0.2, 0.25) is 5.76 Å². The molecule has 1 amide bonds. The van der Waals surface area contributed by atoms with E-state index < -0.39 is 6.04 Å². The minimum Gasteiger partial charge on any atom is -0.497 e. The van der Waals surface area contributed by atoms with Crippen LogP contribution in [-0.4, -0.2) is 31.1 Å². The van der Waals surface area contributed by atoms with Gasteiger partial charge >= 0.3 is 0 Å². The first kappa shape index (κ1) is 25.9. The van der Waals surface area contributed by atoms with Crippen LogP contribution < -0.4 is 19.6 Å². The molecule has 0 aliphatic carbocycles. The molecule has 7 nitrogen and oxygen atoms in total. The maximum Gasteiger partial charge on any atom is 0.291 e. The third kappa shape index (κ3) is 4.76. The molecule has 5 rings (SSSR count). The highest BCUT2D eigenvalue weighted by atomic mass is 79.9. The van der Waals surface area contributed by atoms with Crippen molar-refractivity contribution in [3.63, 3.8) is 0 Å². The fraction of sp³-hybridized carbons (Fsp3) is 0.267. The highest BCUT2D eigenvalue weighted by Gasteiger charge is 2.43. The standard InChI is InChI=1S/C30H28BrNO6/c1-4-14-37-24-12-8-19(15-25(24)36-5-2)27-26-28(33)22-16-20(31)9-13-23(22)38-29(26)30(34)32(27)17-18-6-10-21(35-3)11-7-18/h6-13,15-16,27H,4-5,14,17H2,1-3H3. The van der Waals surface area contributed by atoms with Gasteiger partial charge in [-0.15, -0.1) is 0 Å². The minimum absolute atomic E-state index is 0.0626. The van der Waals surface area contributed by atoms with Gasteiger partial charge in [-0.25, -0.2) is 0 Å². The molecule has 0 radical (unpaired) electrons. The van der Waals surface area contributed by atoms with Crippen LogP contribution in [-0.2, 0) is 6.54 Å². The molecule has 3 aromatic carbocycles. The molecule has 1 aromatic heterocycles.